The molecule has 2 N–H and O–H groups in total. The molecule has 0 bridgehead atoms. The van der Waals surface area contributed by atoms with Gasteiger partial charge in [0.2, 0.25) is 0 Å². The highest BCUT2D eigenvalue weighted by Crippen LogP contribution is 2.01. The Morgan fingerprint density at radius 2 is 1.89 bits per heavy atom. The molecule has 0 spiro atoms. The Morgan fingerprint density at radius 1 is 1.28 bits per heavy atom. The van der Waals surface area contributed by atoms with Crippen molar-refractivity contribution in [2.75, 3.05) is 7.11 Å². The molecule has 18 heavy (non-hydrogen) atoms. The number of hydrogen-bond donors (Lipinski definition) is 2. The van der Waals surface area contributed by atoms with Crippen molar-refractivity contribution >= 4 is 17.8 Å². The Bertz CT molecular complexity index is 443. The first-order valence-corrected chi connectivity index (χ1v) is 5.20. The van der Waals surface area contributed by atoms with Gasteiger partial charge in [0.25, 0.3) is 5.91 Å². The average Bonchev–Trinajstić information content (AvgIpc) is 2.38. The summed E-state index contributed by atoms with van der Waals surface area (Å²) in [6, 6.07) is 6.85. The molecule has 1 aromatic rings. The quantitative estimate of drug-likeness (QED) is 0.740. The van der Waals surface area contributed by atoms with Crippen molar-refractivity contribution in [3.05, 3.63) is 35.9 Å². The van der Waals surface area contributed by atoms with Crippen molar-refractivity contribution in [3.63, 3.8) is 0 Å². The molecular formula is C12H13NO5. The van der Waals surface area contributed by atoms with E-state index in [1.165, 1.54) is 0 Å². The van der Waals surface area contributed by atoms with Gasteiger partial charge in [0.15, 0.2) is 0 Å². The zero-order valence-corrected chi connectivity index (χ0v) is 9.75. The van der Waals surface area contributed by atoms with Crippen LogP contribution in [0.3, 0.4) is 0 Å². The van der Waals surface area contributed by atoms with Gasteiger partial charge >= 0.3 is 11.9 Å². The summed E-state index contributed by atoms with van der Waals surface area (Å²) in [7, 11) is 1.15. The second-order valence-corrected chi connectivity index (χ2v) is 3.51. The number of hydrogen-bond acceptors (Lipinski definition) is 4. The molecule has 1 atom stereocenters. The Kier molecular flexibility index (Phi) is 4.86. The summed E-state index contributed by atoms with van der Waals surface area (Å²) >= 11 is 0. The normalized spacial score (nSPS) is 11.4. The van der Waals surface area contributed by atoms with Gasteiger partial charge in [-0.25, -0.2) is 4.79 Å². The maximum atomic E-state index is 11.7. The van der Waals surface area contributed by atoms with Gasteiger partial charge < -0.3 is 15.2 Å². The number of methoxy groups -OCH3 is 1. The van der Waals surface area contributed by atoms with Crippen molar-refractivity contribution in [1.29, 1.82) is 0 Å². The van der Waals surface area contributed by atoms with Gasteiger partial charge in [0, 0.05) is 5.56 Å². The topological polar surface area (TPSA) is 92.7 Å². The van der Waals surface area contributed by atoms with E-state index in [2.05, 4.69) is 10.1 Å². The second kappa shape index (κ2) is 6.39. The van der Waals surface area contributed by atoms with E-state index in [0.717, 1.165) is 7.11 Å². The van der Waals surface area contributed by atoms with Crippen LogP contribution in [0.4, 0.5) is 0 Å². The number of nitrogens with one attached hydrogen (secondary N) is 1. The summed E-state index contributed by atoms with van der Waals surface area (Å²) in [5.41, 5.74) is 0.327. The van der Waals surface area contributed by atoms with Gasteiger partial charge in [-0.2, -0.15) is 0 Å². The van der Waals surface area contributed by atoms with E-state index < -0.39 is 30.3 Å². The monoisotopic (exact) mass is 251 g/mol. The number of carboxylic acid groups (broad SMARTS) is 1. The van der Waals surface area contributed by atoms with Crippen LogP contribution >= 0.6 is 0 Å². The summed E-state index contributed by atoms with van der Waals surface area (Å²) in [6.45, 7) is 0. The van der Waals surface area contributed by atoms with Crippen LogP contribution in [-0.2, 0) is 14.3 Å². The summed E-state index contributed by atoms with van der Waals surface area (Å²) in [4.78, 5) is 33.6. The molecule has 0 aliphatic heterocycles. The van der Waals surface area contributed by atoms with E-state index in [4.69, 9.17) is 5.11 Å². The van der Waals surface area contributed by atoms with E-state index >= 15 is 0 Å². The zero-order chi connectivity index (χ0) is 13.5. The molecule has 0 aliphatic carbocycles. The molecule has 6 nitrogen and oxygen atoms in total. The fraction of sp³-hybridized carbons (Fsp3) is 0.250. The summed E-state index contributed by atoms with van der Waals surface area (Å²) < 4.78 is 4.36. The van der Waals surface area contributed by atoms with Crippen molar-refractivity contribution in [3.8, 4) is 0 Å². The Morgan fingerprint density at radius 3 is 2.39 bits per heavy atom. The molecule has 0 radical (unpaired) electrons. The number of esters is 1. The number of carbonyl (C=O) groups excluding carboxylic acids is 2. The van der Waals surface area contributed by atoms with Crippen LogP contribution in [0.25, 0.3) is 0 Å². The smallest absolute Gasteiger partial charge is 0.326 e. The molecule has 0 unspecified atom stereocenters. The standard InChI is InChI=1S/C12H13NO5/c1-18-10(14)7-9(12(16)17)13-11(15)8-5-3-2-4-6-8/h2-6,9H,7H2,1H3,(H,13,15)(H,16,17)/t9-/m0/s1. The lowest BCUT2D eigenvalue weighted by Crippen LogP contribution is -2.42. The first kappa shape index (κ1) is 13.7. The largest absolute Gasteiger partial charge is 0.480 e. The predicted octanol–water partition coefficient (Wildman–Crippen LogP) is 0.433. The van der Waals surface area contributed by atoms with E-state index in [1.807, 2.05) is 0 Å². The minimum absolute atomic E-state index is 0.327. The number of amides is 1. The highest BCUT2D eigenvalue weighted by molar-refractivity contribution is 5.97. The number of carboxylic acids is 1. The summed E-state index contributed by atoms with van der Waals surface area (Å²) in [6.07, 6.45) is -0.412. The minimum Gasteiger partial charge on any atom is -0.480 e. The molecule has 1 rings (SSSR count). The number of benzene rings is 1. The third-order valence-corrected chi connectivity index (χ3v) is 2.24. The van der Waals surface area contributed by atoms with Gasteiger partial charge in [-0.1, -0.05) is 18.2 Å². The highest BCUT2D eigenvalue weighted by atomic mass is 16.5. The van der Waals surface area contributed by atoms with E-state index in [-0.39, 0.29) is 0 Å². The number of ether oxygens (including phenoxy) is 1. The lowest BCUT2D eigenvalue weighted by atomic mass is 10.1. The second-order valence-electron chi connectivity index (χ2n) is 3.51. The van der Waals surface area contributed by atoms with E-state index in [1.54, 1.807) is 30.3 Å². The predicted molar refractivity (Wildman–Crippen MR) is 62.0 cm³/mol. The molecular weight excluding hydrogens is 238 g/mol. The molecule has 0 aliphatic rings. The van der Waals surface area contributed by atoms with E-state index in [0.29, 0.717) is 5.56 Å². The number of carbonyl (C=O) groups is 3. The molecule has 0 saturated heterocycles. The zero-order valence-electron chi connectivity index (χ0n) is 9.75. The van der Waals surface area contributed by atoms with Gasteiger partial charge in [0.1, 0.15) is 6.04 Å². The summed E-state index contributed by atoms with van der Waals surface area (Å²) in [5.74, 6) is -2.53. The van der Waals surface area contributed by atoms with Crippen LogP contribution in [-0.4, -0.2) is 36.1 Å². The molecule has 0 saturated carbocycles. The average molecular weight is 251 g/mol. The minimum atomic E-state index is -1.30. The van der Waals surface area contributed by atoms with E-state index in [9.17, 15) is 14.4 Å². The first-order valence-electron chi connectivity index (χ1n) is 5.20. The maximum Gasteiger partial charge on any atom is 0.326 e. The lowest BCUT2D eigenvalue weighted by molar-refractivity contribution is -0.147. The fourth-order valence-electron chi connectivity index (χ4n) is 1.28. The molecule has 0 aromatic heterocycles. The van der Waals surface area contributed by atoms with Crippen molar-refractivity contribution in [1.82, 2.24) is 5.32 Å². The first-order chi connectivity index (χ1) is 8.54. The van der Waals surface area contributed by atoms with Crippen LogP contribution in [0.5, 0.6) is 0 Å². The summed E-state index contributed by atoms with van der Waals surface area (Å²) in [5, 5.41) is 11.1. The molecule has 0 fully saturated rings. The molecule has 1 aromatic carbocycles. The van der Waals surface area contributed by atoms with Crippen LogP contribution in [0.1, 0.15) is 16.8 Å². The van der Waals surface area contributed by atoms with Gasteiger partial charge in [-0.05, 0) is 12.1 Å². The third-order valence-electron chi connectivity index (χ3n) is 2.24. The Balaban J connectivity index is 2.70. The van der Waals surface area contributed by atoms with Crippen molar-refractivity contribution in [2.45, 2.75) is 12.5 Å². The number of rotatable bonds is 5. The number of aliphatic carboxylic acids is 1. The Hall–Kier alpha value is -2.37. The Labute approximate surface area is 104 Å². The molecule has 0 heterocycles. The van der Waals surface area contributed by atoms with Gasteiger partial charge in [-0.3, -0.25) is 9.59 Å². The van der Waals surface area contributed by atoms with Gasteiger partial charge in [-0.15, -0.1) is 0 Å². The van der Waals surface area contributed by atoms with Crippen LogP contribution in [0.15, 0.2) is 30.3 Å². The lowest BCUT2D eigenvalue weighted by Gasteiger charge is -2.13. The molecule has 96 valence electrons. The third kappa shape index (κ3) is 3.89. The van der Waals surface area contributed by atoms with Crippen molar-refractivity contribution < 1.29 is 24.2 Å². The van der Waals surface area contributed by atoms with Gasteiger partial charge in [0.05, 0.1) is 13.5 Å². The van der Waals surface area contributed by atoms with Crippen LogP contribution in [0.2, 0.25) is 0 Å². The maximum absolute atomic E-state index is 11.7. The van der Waals surface area contributed by atoms with Crippen LogP contribution in [0, 0.1) is 0 Å². The van der Waals surface area contributed by atoms with Crippen molar-refractivity contribution in [2.24, 2.45) is 0 Å². The molecule has 6 heteroatoms. The van der Waals surface area contributed by atoms with Crippen LogP contribution < -0.4 is 5.32 Å². The highest BCUT2D eigenvalue weighted by Gasteiger charge is 2.24. The molecule has 1 amide bonds. The SMILES string of the molecule is COC(=O)C[C@H](NC(=O)c1ccccc1)C(=O)O. The fourth-order valence-corrected chi connectivity index (χ4v) is 1.28.